The van der Waals surface area contributed by atoms with Crippen molar-refractivity contribution >= 4 is 5.69 Å². The minimum Gasteiger partial charge on any atom is -0.508 e. The number of nitriles is 1. The molecule has 16 heavy (non-hydrogen) atoms. The molecule has 3 heteroatoms. The molecule has 3 nitrogen and oxygen atoms in total. The topological polar surface area (TPSA) is 70.0 Å². The normalized spacial score (nSPS) is 9.69. The molecule has 0 spiro atoms. The summed E-state index contributed by atoms with van der Waals surface area (Å²) >= 11 is 0. The van der Waals surface area contributed by atoms with Gasteiger partial charge in [-0.3, -0.25) is 0 Å². The molecule has 0 aliphatic carbocycles. The van der Waals surface area contributed by atoms with Gasteiger partial charge >= 0.3 is 0 Å². The van der Waals surface area contributed by atoms with Gasteiger partial charge in [0.05, 0.1) is 11.6 Å². The van der Waals surface area contributed by atoms with E-state index in [-0.39, 0.29) is 5.75 Å². The van der Waals surface area contributed by atoms with Crippen LogP contribution in [0, 0.1) is 11.3 Å². The van der Waals surface area contributed by atoms with Gasteiger partial charge in [-0.1, -0.05) is 12.1 Å². The number of benzene rings is 2. The highest BCUT2D eigenvalue weighted by atomic mass is 16.3. The van der Waals surface area contributed by atoms with E-state index in [2.05, 4.69) is 6.07 Å². The Morgan fingerprint density at radius 2 is 1.75 bits per heavy atom. The van der Waals surface area contributed by atoms with Crippen LogP contribution in [0.25, 0.3) is 11.1 Å². The van der Waals surface area contributed by atoms with E-state index in [9.17, 15) is 5.11 Å². The van der Waals surface area contributed by atoms with Crippen molar-refractivity contribution in [2.75, 3.05) is 5.73 Å². The van der Waals surface area contributed by atoms with Gasteiger partial charge in [0.25, 0.3) is 0 Å². The maximum absolute atomic E-state index is 9.19. The number of aromatic hydroxyl groups is 1. The number of nitrogens with two attached hydrogens (primary N) is 1. The standard InChI is InChI=1S/C13H10N2O/c14-8-9-1-6-13(15)12(7-9)10-2-4-11(16)5-3-10/h1-7,16H,15H2. The van der Waals surface area contributed by atoms with Crippen LogP contribution in [0.5, 0.6) is 5.75 Å². The molecule has 0 radical (unpaired) electrons. The van der Waals surface area contributed by atoms with E-state index >= 15 is 0 Å². The van der Waals surface area contributed by atoms with Gasteiger partial charge in [-0.15, -0.1) is 0 Å². The monoisotopic (exact) mass is 210 g/mol. The number of nitrogen functional groups attached to an aromatic ring is 1. The average molecular weight is 210 g/mol. The molecule has 3 N–H and O–H groups in total. The Hall–Kier alpha value is -2.47. The summed E-state index contributed by atoms with van der Waals surface area (Å²) in [5, 5.41) is 18.0. The fourth-order valence-corrected chi connectivity index (χ4v) is 1.52. The SMILES string of the molecule is N#Cc1ccc(N)c(-c2ccc(O)cc2)c1. The Balaban J connectivity index is 2.55. The summed E-state index contributed by atoms with van der Waals surface area (Å²) in [7, 11) is 0. The van der Waals surface area contributed by atoms with Crippen molar-refractivity contribution in [3.8, 4) is 22.9 Å². The smallest absolute Gasteiger partial charge is 0.115 e. The molecule has 78 valence electrons. The first kappa shape index (κ1) is 10.1. The molecule has 2 aromatic rings. The maximum Gasteiger partial charge on any atom is 0.115 e. The number of anilines is 1. The molecule has 0 aromatic heterocycles. The van der Waals surface area contributed by atoms with E-state index in [1.165, 1.54) is 0 Å². The van der Waals surface area contributed by atoms with Crippen molar-refractivity contribution in [3.63, 3.8) is 0 Å². The van der Waals surface area contributed by atoms with Gasteiger partial charge in [-0.2, -0.15) is 5.26 Å². The van der Waals surface area contributed by atoms with E-state index in [4.69, 9.17) is 11.0 Å². The van der Waals surface area contributed by atoms with Crippen LogP contribution in [0.1, 0.15) is 5.56 Å². The number of hydrogen-bond donors (Lipinski definition) is 2. The lowest BCUT2D eigenvalue weighted by molar-refractivity contribution is 0.475. The minimum atomic E-state index is 0.207. The first-order chi connectivity index (χ1) is 7.70. The molecule has 2 rings (SSSR count). The lowest BCUT2D eigenvalue weighted by atomic mass is 10.0. The molecule has 0 bridgehead atoms. The van der Waals surface area contributed by atoms with Crippen LogP contribution in [0.3, 0.4) is 0 Å². The molecule has 0 saturated carbocycles. The maximum atomic E-state index is 9.19. The van der Waals surface area contributed by atoms with Gasteiger partial charge in [-0.05, 0) is 35.9 Å². The summed E-state index contributed by atoms with van der Waals surface area (Å²) in [4.78, 5) is 0. The number of nitrogens with zero attached hydrogens (tertiary/aromatic N) is 1. The van der Waals surface area contributed by atoms with E-state index in [1.54, 1.807) is 42.5 Å². The molecular formula is C13H10N2O. The Morgan fingerprint density at radius 3 is 2.38 bits per heavy atom. The molecule has 0 amide bonds. The predicted molar refractivity (Wildman–Crippen MR) is 62.7 cm³/mol. The van der Waals surface area contributed by atoms with Crippen LogP contribution < -0.4 is 5.73 Å². The zero-order chi connectivity index (χ0) is 11.5. The van der Waals surface area contributed by atoms with Gasteiger partial charge in [-0.25, -0.2) is 0 Å². The zero-order valence-corrected chi connectivity index (χ0v) is 8.51. The molecular weight excluding hydrogens is 200 g/mol. The van der Waals surface area contributed by atoms with Crippen LogP contribution in [0.4, 0.5) is 5.69 Å². The largest absolute Gasteiger partial charge is 0.508 e. The van der Waals surface area contributed by atoms with E-state index in [0.29, 0.717) is 11.3 Å². The Morgan fingerprint density at radius 1 is 1.06 bits per heavy atom. The predicted octanol–water partition coefficient (Wildman–Crippen LogP) is 2.51. The van der Waals surface area contributed by atoms with Crippen LogP contribution in [0.15, 0.2) is 42.5 Å². The van der Waals surface area contributed by atoms with Crippen LogP contribution in [0.2, 0.25) is 0 Å². The van der Waals surface area contributed by atoms with Crippen molar-refractivity contribution in [1.82, 2.24) is 0 Å². The molecule has 0 saturated heterocycles. The van der Waals surface area contributed by atoms with E-state index in [1.807, 2.05) is 0 Å². The summed E-state index contributed by atoms with van der Waals surface area (Å²) in [5.74, 6) is 0.207. The van der Waals surface area contributed by atoms with Crippen molar-refractivity contribution in [2.45, 2.75) is 0 Å². The molecule has 0 unspecified atom stereocenters. The summed E-state index contributed by atoms with van der Waals surface area (Å²) < 4.78 is 0. The Labute approximate surface area is 93.4 Å². The first-order valence-electron chi connectivity index (χ1n) is 4.80. The number of phenols is 1. The molecule has 0 fully saturated rings. The van der Waals surface area contributed by atoms with Gasteiger partial charge in [0.2, 0.25) is 0 Å². The Kier molecular flexibility index (Phi) is 2.49. The number of hydrogen-bond acceptors (Lipinski definition) is 3. The molecule has 0 aliphatic rings. The highest BCUT2D eigenvalue weighted by molar-refractivity contribution is 5.77. The van der Waals surface area contributed by atoms with Crippen LogP contribution >= 0.6 is 0 Å². The molecule has 2 aromatic carbocycles. The quantitative estimate of drug-likeness (QED) is 0.710. The fourth-order valence-electron chi connectivity index (χ4n) is 1.52. The number of rotatable bonds is 1. The third kappa shape index (κ3) is 1.82. The third-order valence-corrected chi connectivity index (χ3v) is 2.36. The van der Waals surface area contributed by atoms with Gasteiger partial charge < -0.3 is 10.8 Å². The third-order valence-electron chi connectivity index (χ3n) is 2.36. The van der Waals surface area contributed by atoms with Gasteiger partial charge in [0.1, 0.15) is 5.75 Å². The van der Waals surface area contributed by atoms with Crippen molar-refractivity contribution in [3.05, 3.63) is 48.0 Å². The second kappa shape index (κ2) is 3.95. The second-order valence-electron chi connectivity index (χ2n) is 3.46. The second-order valence-corrected chi connectivity index (χ2v) is 3.46. The van der Waals surface area contributed by atoms with Gasteiger partial charge in [0.15, 0.2) is 0 Å². The van der Waals surface area contributed by atoms with Crippen LogP contribution in [-0.4, -0.2) is 5.11 Å². The van der Waals surface area contributed by atoms with Crippen molar-refractivity contribution in [1.29, 1.82) is 5.26 Å². The van der Waals surface area contributed by atoms with Crippen molar-refractivity contribution in [2.24, 2.45) is 0 Å². The van der Waals surface area contributed by atoms with E-state index in [0.717, 1.165) is 11.1 Å². The highest BCUT2D eigenvalue weighted by Crippen LogP contribution is 2.28. The van der Waals surface area contributed by atoms with Crippen LogP contribution in [-0.2, 0) is 0 Å². The fraction of sp³-hybridized carbons (Fsp3) is 0. The molecule has 0 heterocycles. The van der Waals surface area contributed by atoms with Crippen molar-refractivity contribution < 1.29 is 5.11 Å². The highest BCUT2D eigenvalue weighted by Gasteiger charge is 2.03. The minimum absolute atomic E-state index is 0.207. The summed E-state index contributed by atoms with van der Waals surface area (Å²) in [6, 6.07) is 13.9. The average Bonchev–Trinajstić information content (AvgIpc) is 2.31. The number of phenolic OH excluding ortho intramolecular Hbond substituents is 1. The Bertz CT molecular complexity index is 553. The summed E-state index contributed by atoms with van der Waals surface area (Å²) in [5.41, 5.74) is 8.71. The lowest BCUT2D eigenvalue weighted by Crippen LogP contribution is -1.90. The lowest BCUT2D eigenvalue weighted by Gasteiger charge is -2.06. The molecule has 0 aliphatic heterocycles. The zero-order valence-electron chi connectivity index (χ0n) is 8.51. The summed E-state index contributed by atoms with van der Waals surface area (Å²) in [6.45, 7) is 0. The summed E-state index contributed by atoms with van der Waals surface area (Å²) in [6.07, 6.45) is 0. The molecule has 0 atom stereocenters. The first-order valence-corrected chi connectivity index (χ1v) is 4.80. The van der Waals surface area contributed by atoms with E-state index < -0.39 is 0 Å². The van der Waals surface area contributed by atoms with Gasteiger partial charge in [0, 0.05) is 11.3 Å².